The van der Waals surface area contributed by atoms with E-state index in [9.17, 15) is 4.79 Å². The number of hydrogen-bond donors (Lipinski definition) is 0. The third kappa shape index (κ3) is 2.73. The molecule has 1 spiro atoms. The summed E-state index contributed by atoms with van der Waals surface area (Å²) in [6.45, 7) is 5.64. The number of halogens is 1. The molecule has 1 amide bonds. The normalized spacial score (nSPS) is 25.9. The number of carbonyl (C=O) groups excluding carboxylic acids is 1. The van der Waals surface area contributed by atoms with Crippen molar-refractivity contribution in [1.29, 1.82) is 0 Å². The van der Waals surface area contributed by atoms with Crippen LogP contribution in [0.3, 0.4) is 0 Å². The number of pyridine rings is 1. The van der Waals surface area contributed by atoms with Gasteiger partial charge < -0.3 is 9.80 Å². The predicted molar refractivity (Wildman–Crippen MR) is 84.6 cm³/mol. The van der Waals surface area contributed by atoms with E-state index in [0.29, 0.717) is 10.9 Å². The van der Waals surface area contributed by atoms with Crippen molar-refractivity contribution in [1.82, 2.24) is 9.88 Å². The van der Waals surface area contributed by atoms with Crippen LogP contribution < -0.4 is 4.90 Å². The second kappa shape index (κ2) is 5.84. The maximum Gasteiger partial charge on any atom is 0.230 e. The van der Waals surface area contributed by atoms with Crippen LogP contribution in [-0.2, 0) is 4.79 Å². The summed E-state index contributed by atoms with van der Waals surface area (Å²) in [5.41, 5.74) is -0.186. The molecular formula is C16H22ClN3O. The Labute approximate surface area is 131 Å². The highest BCUT2D eigenvalue weighted by Gasteiger charge is 2.48. The molecule has 2 saturated heterocycles. The van der Waals surface area contributed by atoms with Crippen molar-refractivity contribution in [3.8, 4) is 0 Å². The van der Waals surface area contributed by atoms with Crippen LogP contribution in [0.15, 0.2) is 18.3 Å². The van der Waals surface area contributed by atoms with Crippen LogP contribution in [0, 0.1) is 5.41 Å². The van der Waals surface area contributed by atoms with Gasteiger partial charge in [0.25, 0.3) is 0 Å². The lowest BCUT2D eigenvalue weighted by molar-refractivity contribution is -0.145. The van der Waals surface area contributed by atoms with Crippen molar-refractivity contribution in [3.63, 3.8) is 0 Å². The van der Waals surface area contributed by atoms with Crippen molar-refractivity contribution < 1.29 is 4.79 Å². The lowest BCUT2D eigenvalue weighted by atomic mass is 9.78. The fourth-order valence-corrected chi connectivity index (χ4v) is 3.75. The zero-order valence-electron chi connectivity index (χ0n) is 12.5. The van der Waals surface area contributed by atoms with E-state index in [-0.39, 0.29) is 5.41 Å². The highest BCUT2D eigenvalue weighted by atomic mass is 35.5. The number of likely N-dealkylation sites (tertiary alicyclic amines) is 1. The highest BCUT2D eigenvalue weighted by Crippen LogP contribution is 2.41. The summed E-state index contributed by atoms with van der Waals surface area (Å²) in [6.07, 6.45) is 5.78. The minimum absolute atomic E-state index is 0.186. The number of aromatic nitrogens is 1. The summed E-state index contributed by atoms with van der Waals surface area (Å²) in [5, 5.41) is 0.649. The van der Waals surface area contributed by atoms with E-state index in [2.05, 4.69) is 21.7 Å². The second-order valence-electron chi connectivity index (χ2n) is 6.18. The summed E-state index contributed by atoms with van der Waals surface area (Å²) < 4.78 is 0. The molecule has 0 N–H and O–H groups in total. The van der Waals surface area contributed by atoms with Crippen LogP contribution in [0.5, 0.6) is 0 Å². The van der Waals surface area contributed by atoms with Gasteiger partial charge in [-0.2, -0.15) is 0 Å². The summed E-state index contributed by atoms with van der Waals surface area (Å²) in [7, 11) is 0. The first kappa shape index (κ1) is 14.6. The van der Waals surface area contributed by atoms with Gasteiger partial charge in [0.2, 0.25) is 5.91 Å². The van der Waals surface area contributed by atoms with Gasteiger partial charge in [-0.05, 0) is 37.8 Å². The van der Waals surface area contributed by atoms with Crippen LogP contribution >= 0.6 is 11.6 Å². The molecule has 1 aromatic heterocycles. The number of amides is 1. The average Bonchev–Trinajstić information content (AvgIpc) is 2.90. The largest absolute Gasteiger partial charge is 0.356 e. The number of rotatable bonds is 3. The minimum Gasteiger partial charge on any atom is -0.356 e. The molecule has 0 radical (unpaired) electrons. The van der Waals surface area contributed by atoms with E-state index in [1.54, 1.807) is 6.20 Å². The molecule has 4 nitrogen and oxygen atoms in total. The summed E-state index contributed by atoms with van der Waals surface area (Å²) in [5.74, 6) is 1.28. The fourth-order valence-electron chi connectivity index (χ4n) is 3.64. The third-order valence-electron chi connectivity index (χ3n) is 4.71. The third-order valence-corrected chi connectivity index (χ3v) is 4.93. The number of piperidine rings is 1. The molecular weight excluding hydrogens is 286 g/mol. The first-order valence-corrected chi connectivity index (χ1v) is 8.18. The Morgan fingerprint density at radius 1 is 1.33 bits per heavy atom. The Morgan fingerprint density at radius 2 is 2.19 bits per heavy atom. The maximum atomic E-state index is 12.8. The van der Waals surface area contributed by atoms with Gasteiger partial charge >= 0.3 is 0 Å². The molecule has 114 valence electrons. The fraction of sp³-hybridized carbons (Fsp3) is 0.625. The van der Waals surface area contributed by atoms with E-state index in [0.717, 1.165) is 57.7 Å². The van der Waals surface area contributed by atoms with E-state index in [4.69, 9.17) is 11.6 Å². The predicted octanol–water partition coefficient (Wildman–Crippen LogP) is 2.96. The number of hydrogen-bond acceptors (Lipinski definition) is 3. The topological polar surface area (TPSA) is 36.4 Å². The van der Waals surface area contributed by atoms with Gasteiger partial charge in [0.05, 0.1) is 10.4 Å². The van der Waals surface area contributed by atoms with Crippen molar-refractivity contribution >= 4 is 23.3 Å². The molecule has 0 unspecified atom stereocenters. The standard InChI is InChI=1S/C16H22ClN3O/c1-2-8-19-9-3-6-16(15(19)21)7-10-20(12-16)14-5-4-13(17)11-18-14/h4-5,11H,2-3,6-10,12H2,1H3/t16-/m1/s1. The molecule has 2 aliphatic heterocycles. The first-order valence-electron chi connectivity index (χ1n) is 7.80. The van der Waals surface area contributed by atoms with Crippen molar-refractivity contribution in [3.05, 3.63) is 23.4 Å². The van der Waals surface area contributed by atoms with Gasteiger partial charge in [-0.15, -0.1) is 0 Å². The van der Waals surface area contributed by atoms with Crippen molar-refractivity contribution in [2.45, 2.75) is 32.6 Å². The first-order chi connectivity index (χ1) is 10.1. The summed E-state index contributed by atoms with van der Waals surface area (Å²) in [4.78, 5) is 21.5. The number of anilines is 1. The second-order valence-corrected chi connectivity index (χ2v) is 6.62. The monoisotopic (exact) mass is 307 g/mol. The quantitative estimate of drug-likeness (QED) is 0.861. The van der Waals surface area contributed by atoms with Crippen LogP contribution in [0.4, 0.5) is 5.82 Å². The molecule has 2 aliphatic rings. The smallest absolute Gasteiger partial charge is 0.230 e. The van der Waals surface area contributed by atoms with E-state index in [1.807, 2.05) is 12.1 Å². The molecule has 1 aromatic rings. The lowest BCUT2D eigenvalue weighted by Gasteiger charge is -2.39. The average molecular weight is 308 g/mol. The summed E-state index contributed by atoms with van der Waals surface area (Å²) in [6, 6.07) is 3.80. The molecule has 3 heterocycles. The SMILES string of the molecule is CCCN1CCC[C@]2(CCN(c3ccc(Cl)cn3)C2)C1=O. The number of nitrogens with zero attached hydrogens (tertiary/aromatic N) is 3. The Hall–Kier alpha value is -1.29. The molecule has 0 saturated carbocycles. The molecule has 2 fully saturated rings. The van der Waals surface area contributed by atoms with Gasteiger partial charge in [0, 0.05) is 32.4 Å². The Kier molecular flexibility index (Phi) is 4.07. The zero-order chi connectivity index (χ0) is 14.9. The van der Waals surface area contributed by atoms with Gasteiger partial charge in [-0.1, -0.05) is 18.5 Å². The van der Waals surface area contributed by atoms with E-state index in [1.165, 1.54) is 0 Å². The van der Waals surface area contributed by atoms with Crippen molar-refractivity contribution in [2.24, 2.45) is 5.41 Å². The van der Waals surface area contributed by atoms with E-state index >= 15 is 0 Å². The molecule has 5 heteroatoms. The van der Waals surface area contributed by atoms with Crippen molar-refractivity contribution in [2.75, 3.05) is 31.1 Å². The van der Waals surface area contributed by atoms with Crippen LogP contribution in [0.2, 0.25) is 5.02 Å². The van der Waals surface area contributed by atoms with Crippen LogP contribution in [-0.4, -0.2) is 42.0 Å². The molecule has 1 atom stereocenters. The highest BCUT2D eigenvalue weighted by molar-refractivity contribution is 6.30. The van der Waals surface area contributed by atoms with Crippen LogP contribution in [0.1, 0.15) is 32.6 Å². The molecule has 21 heavy (non-hydrogen) atoms. The van der Waals surface area contributed by atoms with Gasteiger partial charge in [-0.3, -0.25) is 4.79 Å². The summed E-state index contributed by atoms with van der Waals surface area (Å²) >= 11 is 5.90. The molecule has 0 aromatic carbocycles. The van der Waals surface area contributed by atoms with Gasteiger partial charge in [0.15, 0.2) is 0 Å². The number of carbonyl (C=O) groups is 1. The van der Waals surface area contributed by atoms with Gasteiger partial charge in [0.1, 0.15) is 5.82 Å². The Bertz CT molecular complexity index is 517. The Morgan fingerprint density at radius 3 is 2.90 bits per heavy atom. The van der Waals surface area contributed by atoms with Gasteiger partial charge in [-0.25, -0.2) is 4.98 Å². The molecule has 0 aliphatic carbocycles. The zero-order valence-corrected chi connectivity index (χ0v) is 13.3. The maximum absolute atomic E-state index is 12.8. The van der Waals surface area contributed by atoms with E-state index < -0.39 is 0 Å². The molecule has 3 rings (SSSR count). The Balaban J connectivity index is 1.75. The minimum atomic E-state index is -0.186. The molecule has 0 bridgehead atoms. The lowest BCUT2D eigenvalue weighted by Crippen LogP contribution is -2.50. The van der Waals surface area contributed by atoms with Crippen LogP contribution in [0.25, 0.3) is 0 Å².